The van der Waals surface area contributed by atoms with Gasteiger partial charge in [0.2, 0.25) is 0 Å². The lowest BCUT2D eigenvalue weighted by molar-refractivity contribution is 0.0147. The second kappa shape index (κ2) is 3.44. The number of hydrogen-bond donors (Lipinski definition) is 1. The molecule has 0 heterocycles. The normalized spacial score (nSPS) is 11.5. The number of ether oxygens (including phenoxy) is 1. The number of phenolic OH excluding ortho intramolecular Hbond substituents is 1. The Labute approximate surface area is 81.1 Å². The third-order valence-electron chi connectivity index (χ3n) is 2.01. The molecular weight excluding hydrogens is 190 g/mol. The second-order valence-corrected chi connectivity index (χ2v) is 3.20. The Balaban J connectivity index is 3.39. The third-order valence-corrected chi connectivity index (χ3v) is 2.01. The molecule has 0 aliphatic heterocycles. The molecular formula is C10H12F2O2. The van der Waals surface area contributed by atoms with E-state index in [4.69, 9.17) is 4.74 Å². The monoisotopic (exact) mass is 202 g/mol. The summed E-state index contributed by atoms with van der Waals surface area (Å²) >= 11 is 0. The molecule has 4 heteroatoms. The summed E-state index contributed by atoms with van der Waals surface area (Å²) in [7, 11) is 1.25. The molecule has 0 atom stereocenters. The van der Waals surface area contributed by atoms with E-state index in [1.165, 1.54) is 19.2 Å². The number of aryl methyl sites for hydroxylation is 1. The molecule has 0 amide bonds. The predicted molar refractivity (Wildman–Crippen MR) is 49.0 cm³/mol. The number of hydrogen-bond acceptors (Lipinski definition) is 2. The molecule has 0 spiro atoms. The molecule has 1 N–H and O–H groups in total. The molecule has 0 aromatic heterocycles. The van der Waals surface area contributed by atoms with E-state index in [9.17, 15) is 13.9 Å². The summed E-state index contributed by atoms with van der Waals surface area (Å²) in [5, 5.41) is 9.48. The van der Waals surface area contributed by atoms with Gasteiger partial charge in [0.25, 0.3) is 5.92 Å². The summed E-state index contributed by atoms with van der Waals surface area (Å²) in [6, 6.07) is 2.69. The molecule has 2 nitrogen and oxygen atoms in total. The van der Waals surface area contributed by atoms with Crippen molar-refractivity contribution in [3.8, 4) is 11.5 Å². The largest absolute Gasteiger partial charge is 0.504 e. The standard InChI is InChI=1S/C10H12F2O2/c1-6-4-5-7(10(2,11)12)9(14-3)8(6)13/h4-5,13H,1-3H3. The van der Waals surface area contributed by atoms with Crippen LogP contribution in [0.2, 0.25) is 0 Å². The quantitative estimate of drug-likeness (QED) is 0.799. The maximum Gasteiger partial charge on any atom is 0.274 e. The van der Waals surface area contributed by atoms with Crippen LogP contribution in [-0.4, -0.2) is 12.2 Å². The smallest absolute Gasteiger partial charge is 0.274 e. The molecule has 1 aromatic carbocycles. The highest BCUT2D eigenvalue weighted by Crippen LogP contribution is 2.41. The van der Waals surface area contributed by atoms with Gasteiger partial charge in [-0.3, -0.25) is 0 Å². The van der Waals surface area contributed by atoms with Gasteiger partial charge in [-0.2, -0.15) is 0 Å². The van der Waals surface area contributed by atoms with Crippen LogP contribution >= 0.6 is 0 Å². The lowest BCUT2D eigenvalue weighted by atomic mass is 10.1. The number of halogens is 2. The van der Waals surface area contributed by atoms with Gasteiger partial charge in [-0.05, 0) is 18.6 Å². The van der Waals surface area contributed by atoms with Crippen LogP contribution in [0.5, 0.6) is 11.5 Å². The van der Waals surface area contributed by atoms with E-state index in [0.717, 1.165) is 6.92 Å². The SMILES string of the molecule is COc1c(C(C)(F)F)ccc(C)c1O. The molecule has 0 aliphatic rings. The molecule has 0 saturated carbocycles. The van der Waals surface area contributed by atoms with E-state index in [2.05, 4.69) is 0 Å². The van der Waals surface area contributed by atoms with Gasteiger partial charge >= 0.3 is 0 Å². The van der Waals surface area contributed by atoms with Crippen LogP contribution < -0.4 is 4.74 Å². The zero-order valence-electron chi connectivity index (χ0n) is 8.27. The first-order valence-corrected chi connectivity index (χ1v) is 4.12. The van der Waals surface area contributed by atoms with Crippen molar-refractivity contribution in [2.45, 2.75) is 19.8 Å². The fraction of sp³-hybridized carbons (Fsp3) is 0.400. The highest BCUT2D eigenvalue weighted by molar-refractivity contribution is 5.51. The van der Waals surface area contributed by atoms with Crippen molar-refractivity contribution in [2.24, 2.45) is 0 Å². The number of aromatic hydroxyl groups is 1. The van der Waals surface area contributed by atoms with Crippen molar-refractivity contribution < 1.29 is 18.6 Å². The van der Waals surface area contributed by atoms with Crippen LogP contribution in [-0.2, 0) is 5.92 Å². The van der Waals surface area contributed by atoms with E-state index in [0.29, 0.717) is 5.56 Å². The Morgan fingerprint density at radius 2 is 1.93 bits per heavy atom. The van der Waals surface area contributed by atoms with E-state index < -0.39 is 5.92 Å². The first kappa shape index (κ1) is 10.8. The lowest BCUT2D eigenvalue weighted by Gasteiger charge is -2.16. The number of alkyl halides is 2. The summed E-state index contributed by atoms with van der Waals surface area (Å²) in [5.74, 6) is -3.40. The fourth-order valence-corrected chi connectivity index (χ4v) is 1.22. The van der Waals surface area contributed by atoms with Gasteiger partial charge in [0.1, 0.15) is 0 Å². The topological polar surface area (TPSA) is 29.5 Å². The average molecular weight is 202 g/mol. The van der Waals surface area contributed by atoms with Crippen LogP contribution in [0.25, 0.3) is 0 Å². The molecule has 0 radical (unpaired) electrons. The Bertz CT molecular complexity index is 343. The Kier molecular flexibility index (Phi) is 2.64. The zero-order chi connectivity index (χ0) is 10.9. The third kappa shape index (κ3) is 1.78. The maximum atomic E-state index is 13.0. The first-order chi connectivity index (χ1) is 6.38. The molecule has 78 valence electrons. The Morgan fingerprint density at radius 3 is 2.36 bits per heavy atom. The second-order valence-electron chi connectivity index (χ2n) is 3.20. The van der Waals surface area contributed by atoms with E-state index in [1.54, 1.807) is 6.92 Å². The summed E-state index contributed by atoms with van der Waals surface area (Å²) in [6.07, 6.45) is 0. The van der Waals surface area contributed by atoms with Gasteiger partial charge in [-0.15, -0.1) is 0 Å². The minimum Gasteiger partial charge on any atom is -0.504 e. The van der Waals surface area contributed by atoms with Crippen molar-refractivity contribution in [1.29, 1.82) is 0 Å². The number of phenols is 1. The van der Waals surface area contributed by atoms with E-state index >= 15 is 0 Å². The van der Waals surface area contributed by atoms with Crippen molar-refractivity contribution in [3.05, 3.63) is 23.3 Å². The van der Waals surface area contributed by atoms with Gasteiger partial charge in [0, 0.05) is 6.92 Å². The van der Waals surface area contributed by atoms with Crippen molar-refractivity contribution in [1.82, 2.24) is 0 Å². The minimum absolute atomic E-state index is 0.155. The van der Waals surface area contributed by atoms with E-state index in [1.807, 2.05) is 0 Å². The van der Waals surface area contributed by atoms with Crippen LogP contribution in [0.3, 0.4) is 0 Å². The molecule has 0 saturated heterocycles. The van der Waals surface area contributed by atoms with Crippen LogP contribution in [0, 0.1) is 6.92 Å². The minimum atomic E-state index is -3.02. The number of benzene rings is 1. The summed E-state index contributed by atoms with van der Waals surface area (Å²) in [5.41, 5.74) is 0.206. The van der Waals surface area contributed by atoms with Gasteiger partial charge in [-0.25, -0.2) is 8.78 Å². The summed E-state index contributed by atoms with van der Waals surface area (Å²) < 4.78 is 30.8. The molecule has 0 fully saturated rings. The highest BCUT2D eigenvalue weighted by atomic mass is 19.3. The fourth-order valence-electron chi connectivity index (χ4n) is 1.22. The van der Waals surface area contributed by atoms with Crippen molar-refractivity contribution >= 4 is 0 Å². The molecule has 0 bridgehead atoms. The zero-order valence-corrected chi connectivity index (χ0v) is 8.27. The van der Waals surface area contributed by atoms with Gasteiger partial charge < -0.3 is 9.84 Å². The Hall–Kier alpha value is -1.32. The van der Waals surface area contributed by atoms with E-state index in [-0.39, 0.29) is 17.1 Å². The van der Waals surface area contributed by atoms with Crippen LogP contribution in [0.1, 0.15) is 18.1 Å². The highest BCUT2D eigenvalue weighted by Gasteiger charge is 2.30. The molecule has 14 heavy (non-hydrogen) atoms. The number of methoxy groups -OCH3 is 1. The summed E-state index contributed by atoms with van der Waals surface area (Å²) in [6.45, 7) is 2.38. The van der Waals surface area contributed by atoms with Crippen LogP contribution in [0.15, 0.2) is 12.1 Å². The number of rotatable bonds is 2. The van der Waals surface area contributed by atoms with Crippen LogP contribution in [0.4, 0.5) is 8.78 Å². The molecule has 1 aromatic rings. The van der Waals surface area contributed by atoms with Crippen molar-refractivity contribution in [2.75, 3.05) is 7.11 Å². The lowest BCUT2D eigenvalue weighted by Crippen LogP contribution is -2.09. The molecule has 0 unspecified atom stereocenters. The maximum absolute atomic E-state index is 13.0. The van der Waals surface area contributed by atoms with Crippen molar-refractivity contribution in [3.63, 3.8) is 0 Å². The predicted octanol–water partition coefficient (Wildman–Crippen LogP) is 2.82. The Morgan fingerprint density at radius 1 is 1.36 bits per heavy atom. The van der Waals surface area contributed by atoms with Gasteiger partial charge in [0.05, 0.1) is 12.7 Å². The van der Waals surface area contributed by atoms with Gasteiger partial charge in [0.15, 0.2) is 11.5 Å². The summed E-state index contributed by atoms with van der Waals surface area (Å²) in [4.78, 5) is 0. The average Bonchev–Trinajstić information content (AvgIpc) is 2.07. The molecule has 0 aliphatic carbocycles. The molecule has 1 rings (SSSR count). The first-order valence-electron chi connectivity index (χ1n) is 4.12. The van der Waals surface area contributed by atoms with Gasteiger partial charge in [-0.1, -0.05) is 6.07 Å².